The second kappa shape index (κ2) is 5.86. The smallest absolute Gasteiger partial charge is 0.399 e. The van der Waals surface area contributed by atoms with Crippen molar-refractivity contribution in [3.63, 3.8) is 0 Å². The van der Waals surface area contributed by atoms with Crippen molar-refractivity contribution in [1.82, 2.24) is 0 Å². The molecule has 0 aromatic heterocycles. The summed E-state index contributed by atoms with van der Waals surface area (Å²) in [7, 11) is -0.306. The van der Waals surface area contributed by atoms with Gasteiger partial charge in [-0.2, -0.15) is 0 Å². The SMILES string of the molecule is CC1(C)OB(c2ccc(COCCN)cc2)OC1(C)C. The van der Waals surface area contributed by atoms with E-state index in [1.807, 2.05) is 24.3 Å². The van der Waals surface area contributed by atoms with Gasteiger partial charge in [-0.15, -0.1) is 0 Å². The van der Waals surface area contributed by atoms with E-state index in [2.05, 4.69) is 27.7 Å². The highest BCUT2D eigenvalue weighted by atomic mass is 16.7. The summed E-state index contributed by atoms with van der Waals surface area (Å²) < 4.78 is 17.4. The van der Waals surface area contributed by atoms with Gasteiger partial charge in [-0.3, -0.25) is 0 Å². The van der Waals surface area contributed by atoms with Crippen molar-refractivity contribution in [2.75, 3.05) is 13.2 Å². The zero-order chi connectivity index (χ0) is 14.8. The molecule has 0 bridgehead atoms. The Morgan fingerprint density at radius 1 is 1.05 bits per heavy atom. The molecule has 5 heteroatoms. The Bertz CT molecular complexity index is 429. The zero-order valence-electron chi connectivity index (χ0n) is 12.8. The minimum Gasteiger partial charge on any atom is -0.399 e. The van der Waals surface area contributed by atoms with Crippen LogP contribution in [0.25, 0.3) is 0 Å². The van der Waals surface area contributed by atoms with Gasteiger partial charge in [0.2, 0.25) is 0 Å². The van der Waals surface area contributed by atoms with Crippen LogP contribution < -0.4 is 11.2 Å². The first-order chi connectivity index (χ1) is 9.36. The van der Waals surface area contributed by atoms with Crippen LogP contribution in [-0.2, 0) is 20.7 Å². The molecular weight excluding hydrogens is 253 g/mol. The number of benzene rings is 1. The van der Waals surface area contributed by atoms with Crippen LogP contribution in [0.1, 0.15) is 33.3 Å². The number of hydrogen-bond donors (Lipinski definition) is 1. The third kappa shape index (κ3) is 3.23. The summed E-state index contributed by atoms with van der Waals surface area (Å²) in [6.07, 6.45) is 0. The van der Waals surface area contributed by atoms with E-state index in [-0.39, 0.29) is 18.3 Å². The van der Waals surface area contributed by atoms with Crippen molar-refractivity contribution in [3.8, 4) is 0 Å². The third-order valence-corrected chi connectivity index (χ3v) is 4.04. The summed E-state index contributed by atoms with van der Waals surface area (Å²) in [5, 5.41) is 0. The van der Waals surface area contributed by atoms with Crippen molar-refractivity contribution >= 4 is 12.6 Å². The van der Waals surface area contributed by atoms with Gasteiger partial charge in [0.1, 0.15) is 0 Å². The molecule has 0 unspecified atom stereocenters. The molecule has 2 rings (SSSR count). The van der Waals surface area contributed by atoms with E-state index < -0.39 is 0 Å². The van der Waals surface area contributed by atoms with E-state index in [0.29, 0.717) is 19.8 Å². The first-order valence-electron chi connectivity index (χ1n) is 7.08. The Morgan fingerprint density at radius 2 is 1.60 bits per heavy atom. The van der Waals surface area contributed by atoms with Crippen molar-refractivity contribution in [2.24, 2.45) is 5.73 Å². The molecule has 1 aromatic rings. The fourth-order valence-corrected chi connectivity index (χ4v) is 2.02. The Labute approximate surface area is 121 Å². The van der Waals surface area contributed by atoms with Crippen LogP contribution in [0, 0.1) is 0 Å². The van der Waals surface area contributed by atoms with Crippen LogP contribution in [0.3, 0.4) is 0 Å². The average molecular weight is 277 g/mol. The topological polar surface area (TPSA) is 53.7 Å². The lowest BCUT2D eigenvalue weighted by molar-refractivity contribution is 0.00578. The first-order valence-corrected chi connectivity index (χ1v) is 7.08. The zero-order valence-corrected chi connectivity index (χ0v) is 12.8. The maximum Gasteiger partial charge on any atom is 0.494 e. The van der Waals surface area contributed by atoms with E-state index in [1.165, 1.54) is 0 Å². The molecule has 0 spiro atoms. The summed E-state index contributed by atoms with van der Waals surface area (Å²) in [5.74, 6) is 0. The van der Waals surface area contributed by atoms with Crippen molar-refractivity contribution in [2.45, 2.75) is 45.5 Å². The highest BCUT2D eigenvalue weighted by Crippen LogP contribution is 2.36. The molecule has 0 aliphatic carbocycles. The molecule has 0 atom stereocenters. The van der Waals surface area contributed by atoms with Crippen LogP contribution in [0.2, 0.25) is 0 Å². The second-order valence-electron chi connectivity index (χ2n) is 6.17. The first kappa shape index (κ1) is 15.5. The molecule has 0 amide bonds. The van der Waals surface area contributed by atoms with Gasteiger partial charge in [-0.1, -0.05) is 24.3 Å². The maximum absolute atomic E-state index is 6.02. The molecule has 110 valence electrons. The number of ether oxygens (including phenoxy) is 1. The van der Waals surface area contributed by atoms with E-state index in [0.717, 1.165) is 11.0 Å². The van der Waals surface area contributed by atoms with Gasteiger partial charge in [0.15, 0.2) is 0 Å². The second-order valence-corrected chi connectivity index (χ2v) is 6.17. The van der Waals surface area contributed by atoms with E-state index in [9.17, 15) is 0 Å². The number of rotatable bonds is 5. The number of hydrogen-bond acceptors (Lipinski definition) is 4. The molecule has 1 saturated heterocycles. The summed E-state index contributed by atoms with van der Waals surface area (Å²) in [4.78, 5) is 0. The van der Waals surface area contributed by atoms with Crippen LogP contribution in [-0.4, -0.2) is 31.5 Å². The van der Waals surface area contributed by atoms with Gasteiger partial charge in [0, 0.05) is 6.54 Å². The fourth-order valence-electron chi connectivity index (χ4n) is 2.02. The minimum absolute atomic E-state index is 0.305. The molecule has 1 fully saturated rings. The van der Waals surface area contributed by atoms with E-state index in [1.54, 1.807) is 0 Å². The standard InChI is InChI=1S/C15H24BNO3/c1-14(2)15(3,4)20-16(19-14)13-7-5-12(6-8-13)11-18-10-9-17/h5-8H,9-11,17H2,1-4H3. The Kier molecular flexibility index (Phi) is 4.54. The highest BCUT2D eigenvalue weighted by molar-refractivity contribution is 6.62. The molecule has 1 aromatic carbocycles. The van der Waals surface area contributed by atoms with Crippen molar-refractivity contribution in [1.29, 1.82) is 0 Å². The lowest BCUT2D eigenvalue weighted by Crippen LogP contribution is -2.41. The minimum atomic E-state index is -0.306. The van der Waals surface area contributed by atoms with E-state index in [4.69, 9.17) is 19.8 Å². The molecule has 2 N–H and O–H groups in total. The lowest BCUT2D eigenvalue weighted by atomic mass is 9.79. The molecule has 1 aliphatic heterocycles. The lowest BCUT2D eigenvalue weighted by Gasteiger charge is -2.32. The largest absolute Gasteiger partial charge is 0.494 e. The summed E-state index contributed by atoms with van der Waals surface area (Å²) >= 11 is 0. The quantitative estimate of drug-likeness (QED) is 0.654. The van der Waals surface area contributed by atoms with Gasteiger partial charge in [0.05, 0.1) is 24.4 Å². The molecular formula is C15H24BNO3. The average Bonchev–Trinajstić information content (AvgIpc) is 2.60. The third-order valence-electron chi connectivity index (χ3n) is 4.04. The van der Waals surface area contributed by atoms with E-state index >= 15 is 0 Å². The number of nitrogens with two attached hydrogens (primary N) is 1. The van der Waals surface area contributed by atoms with Crippen molar-refractivity contribution in [3.05, 3.63) is 29.8 Å². The summed E-state index contributed by atoms with van der Waals surface area (Å²) in [6, 6.07) is 8.14. The van der Waals surface area contributed by atoms with Gasteiger partial charge in [-0.25, -0.2) is 0 Å². The monoisotopic (exact) mass is 277 g/mol. The Balaban J connectivity index is 2.01. The summed E-state index contributed by atoms with van der Waals surface area (Å²) in [5.41, 5.74) is 6.94. The van der Waals surface area contributed by atoms with Crippen molar-refractivity contribution < 1.29 is 14.0 Å². The molecule has 0 radical (unpaired) electrons. The molecule has 20 heavy (non-hydrogen) atoms. The van der Waals surface area contributed by atoms with Crippen LogP contribution in [0.5, 0.6) is 0 Å². The van der Waals surface area contributed by atoms with Gasteiger partial charge < -0.3 is 19.8 Å². The fraction of sp³-hybridized carbons (Fsp3) is 0.600. The summed E-state index contributed by atoms with van der Waals surface area (Å²) in [6.45, 7) is 9.94. The Morgan fingerprint density at radius 3 is 2.10 bits per heavy atom. The predicted octanol–water partition coefficient (Wildman–Crippen LogP) is 1.46. The molecule has 1 aliphatic rings. The van der Waals surface area contributed by atoms with Gasteiger partial charge in [-0.05, 0) is 38.7 Å². The molecule has 0 saturated carbocycles. The normalized spacial score (nSPS) is 20.4. The van der Waals surface area contributed by atoms with Crippen LogP contribution in [0.15, 0.2) is 24.3 Å². The van der Waals surface area contributed by atoms with Gasteiger partial charge in [0.25, 0.3) is 0 Å². The maximum atomic E-state index is 6.02. The van der Waals surface area contributed by atoms with Crippen LogP contribution >= 0.6 is 0 Å². The predicted molar refractivity (Wildman–Crippen MR) is 80.9 cm³/mol. The molecule has 1 heterocycles. The van der Waals surface area contributed by atoms with Gasteiger partial charge >= 0.3 is 7.12 Å². The highest BCUT2D eigenvalue weighted by Gasteiger charge is 2.51. The Hall–Kier alpha value is -0.875. The molecule has 4 nitrogen and oxygen atoms in total. The van der Waals surface area contributed by atoms with Crippen LogP contribution in [0.4, 0.5) is 0 Å².